The minimum atomic E-state index is -3.18. The maximum atomic E-state index is 12.5. The van der Waals surface area contributed by atoms with E-state index in [2.05, 4.69) is 0 Å². The van der Waals surface area contributed by atoms with E-state index in [0.29, 0.717) is 17.4 Å². The van der Waals surface area contributed by atoms with E-state index in [-0.39, 0.29) is 0 Å². The second-order valence-corrected chi connectivity index (χ2v) is 8.20. The quantitative estimate of drug-likeness (QED) is 0.639. The van der Waals surface area contributed by atoms with E-state index in [0.717, 1.165) is 17.7 Å². The van der Waals surface area contributed by atoms with Gasteiger partial charge in [-0.2, -0.15) is 0 Å². The summed E-state index contributed by atoms with van der Waals surface area (Å²) >= 11 is 7.27. The first-order valence-electron chi connectivity index (χ1n) is 5.86. The Hall–Kier alpha value is -0.150. The summed E-state index contributed by atoms with van der Waals surface area (Å²) < 4.78 is 23.4. The summed E-state index contributed by atoms with van der Waals surface area (Å²) in [4.78, 5) is 0. The average molecular weight is 309 g/mol. The van der Waals surface area contributed by atoms with Crippen molar-refractivity contribution in [1.29, 1.82) is 0 Å². The number of aryl methyl sites for hydroxylation is 1. The van der Waals surface area contributed by atoms with Crippen LogP contribution in [0.15, 0.2) is 18.2 Å². The van der Waals surface area contributed by atoms with Gasteiger partial charge >= 0.3 is 6.80 Å². The van der Waals surface area contributed by atoms with E-state index < -0.39 is 6.80 Å². The zero-order valence-electron chi connectivity index (χ0n) is 10.8. The molecule has 1 rings (SSSR count). The highest BCUT2D eigenvalue weighted by Crippen LogP contribution is 2.61. The fourth-order valence-electron chi connectivity index (χ4n) is 1.30. The maximum Gasteiger partial charge on any atom is 0.440 e. The summed E-state index contributed by atoms with van der Waals surface area (Å²) in [6.45, 7) is 2.84. The molecule has 0 saturated heterocycles. The fourth-order valence-corrected chi connectivity index (χ4v) is 5.12. The van der Waals surface area contributed by atoms with Gasteiger partial charge in [-0.3, -0.25) is 4.52 Å². The van der Waals surface area contributed by atoms with Gasteiger partial charge in [-0.1, -0.05) is 30.7 Å². The highest BCUT2D eigenvalue weighted by atomic mass is 35.5. The van der Waals surface area contributed by atoms with Gasteiger partial charge in [0.15, 0.2) is 5.75 Å². The molecule has 102 valence electrons. The number of hydrogen-bond donors (Lipinski definition) is 0. The standard InChI is InChI=1S/C12H18ClO3PS/c1-4-9-18-17(14,15-5-2)16-12-10(3)7-6-8-11(12)13/h6-8H,4-5,9H2,1-3H3. The molecule has 0 aromatic heterocycles. The molecule has 0 saturated carbocycles. The molecular weight excluding hydrogens is 291 g/mol. The maximum absolute atomic E-state index is 12.5. The fraction of sp³-hybridized carbons (Fsp3) is 0.500. The molecule has 6 heteroatoms. The Morgan fingerprint density at radius 1 is 1.39 bits per heavy atom. The Morgan fingerprint density at radius 3 is 2.67 bits per heavy atom. The Bertz CT molecular complexity index is 419. The third-order valence-corrected chi connectivity index (χ3v) is 6.33. The van der Waals surface area contributed by atoms with Gasteiger partial charge < -0.3 is 4.52 Å². The lowest BCUT2D eigenvalue weighted by Crippen LogP contribution is -1.98. The molecule has 0 aliphatic heterocycles. The average Bonchev–Trinajstić information content (AvgIpc) is 2.32. The molecule has 0 amide bonds. The molecule has 0 radical (unpaired) electrons. The summed E-state index contributed by atoms with van der Waals surface area (Å²) in [5.41, 5.74) is 0.847. The van der Waals surface area contributed by atoms with Crippen LogP contribution in [-0.4, -0.2) is 12.4 Å². The molecule has 0 bridgehead atoms. The van der Waals surface area contributed by atoms with Crippen molar-refractivity contribution in [3.63, 3.8) is 0 Å². The van der Waals surface area contributed by atoms with Crippen molar-refractivity contribution in [2.24, 2.45) is 0 Å². The molecule has 3 nitrogen and oxygen atoms in total. The molecule has 1 unspecified atom stereocenters. The molecule has 1 aromatic carbocycles. The van der Waals surface area contributed by atoms with Crippen molar-refractivity contribution >= 4 is 29.8 Å². The van der Waals surface area contributed by atoms with Gasteiger partial charge in [0.2, 0.25) is 0 Å². The Balaban J connectivity index is 2.92. The third-order valence-electron chi connectivity index (χ3n) is 2.11. The molecule has 0 aliphatic carbocycles. The van der Waals surface area contributed by atoms with Crippen LogP contribution in [0.3, 0.4) is 0 Å². The van der Waals surface area contributed by atoms with Crippen LogP contribution in [0.25, 0.3) is 0 Å². The summed E-state index contributed by atoms with van der Waals surface area (Å²) in [5.74, 6) is 1.17. The number of para-hydroxylation sites is 1. The van der Waals surface area contributed by atoms with Crippen LogP contribution in [-0.2, 0) is 9.09 Å². The van der Waals surface area contributed by atoms with Gasteiger partial charge in [0, 0.05) is 5.75 Å². The molecule has 18 heavy (non-hydrogen) atoms. The normalized spacial score (nSPS) is 14.2. The van der Waals surface area contributed by atoms with Crippen LogP contribution in [0.1, 0.15) is 25.8 Å². The van der Waals surface area contributed by atoms with Crippen molar-refractivity contribution in [3.05, 3.63) is 28.8 Å². The predicted octanol–water partition coefficient (Wildman–Crippen LogP) is 5.32. The number of hydrogen-bond acceptors (Lipinski definition) is 4. The van der Waals surface area contributed by atoms with E-state index in [1.54, 1.807) is 13.0 Å². The van der Waals surface area contributed by atoms with Crippen LogP contribution in [0.2, 0.25) is 5.02 Å². The van der Waals surface area contributed by atoms with Gasteiger partial charge in [0.05, 0.1) is 11.6 Å². The third kappa shape index (κ3) is 4.51. The highest BCUT2D eigenvalue weighted by Gasteiger charge is 2.28. The van der Waals surface area contributed by atoms with Crippen LogP contribution in [0.5, 0.6) is 5.75 Å². The van der Waals surface area contributed by atoms with Crippen molar-refractivity contribution in [3.8, 4) is 5.75 Å². The molecular formula is C12H18ClO3PS. The summed E-state index contributed by atoms with van der Waals surface area (Å²) in [6.07, 6.45) is 0.909. The number of halogens is 1. The monoisotopic (exact) mass is 308 g/mol. The lowest BCUT2D eigenvalue weighted by atomic mass is 10.2. The zero-order chi connectivity index (χ0) is 13.6. The molecule has 0 fully saturated rings. The molecule has 0 heterocycles. The topological polar surface area (TPSA) is 35.5 Å². The minimum Gasteiger partial charge on any atom is -0.415 e. The van der Waals surface area contributed by atoms with Crippen LogP contribution < -0.4 is 4.52 Å². The van der Waals surface area contributed by atoms with Crippen molar-refractivity contribution in [2.45, 2.75) is 27.2 Å². The van der Waals surface area contributed by atoms with Crippen molar-refractivity contribution < 1.29 is 13.6 Å². The molecule has 0 spiro atoms. The molecule has 0 N–H and O–H groups in total. The van der Waals surface area contributed by atoms with Gasteiger partial charge in [-0.25, -0.2) is 4.57 Å². The molecule has 1 atom stereocenters. The summed E-state index contributed by atoms with van der Waals surface area (Å²) in [6, 6.07) is 5.40. The Kier molecular flexibility index (Phi) is 6.58. The first-order chi connectivity index (χ1) is 8.52. The summed E-state index contributed by atoms with van der Waals surface area (Å²) in [5, 5.41) is 0.451. The van der Waals surface area contributed by atoms with Crippen molar-refractivity contribution in [1.82, 2.24) is 0 Å². The zero-order valence-corrected chi connectivity index (χ0v) is 13.3. The lowest BCUT2D eigenvalue weighted by Gasteiger charge is -2.19. The van der Waals surface area contributed by atoms with E-state index in [9.17, 15) is 4.57 Å². The van der Waals surface area contributed by atoms with Gasteiger partial charge in [-0.15, -0.1) is 0 Å². The lowest BCUT2D eigenvalue weighted by molar-refractivity contribution is 0.295. The minimum absolute atomic E-state index is 0.345. The second-order valence-electron chi connectivity index (χ2n) is 3.68. The number of benzene rings is 1. The van der Waals surface area contributed by atoms with Crippen LogP contribution in [0, 0.1) is 6.92 Å². The SMILES string of the molecule is CCCSP(=O)(OCC)Oc1c(C)cccc1Cl. The predicted molar refractivity (Wildman–Crippen MR) is 78.8 cm³/mol. The second kappa shape index (κ2) is 7.44. The van der Waals surface area contributed by atoms with Crippen LogP contribution >= 0.6 is 29.8 Å². The van der Waals surface area contributed by atoms with Gasteiger partial charge in [0.25, 0.3) is 0 Å². The van der Waals surface area contributed by atoms with E-state index in [1.165, 1.54) is 11.4 Å². The van der Waals surface area contributed by atoms with E-state index in [1.807, 2.05) is 26.0 Å². The Morgan fingerprint density at radius 2 is 2.11 bits per heavy atom. The van der Waals surface area contributed by atoms with E-state index in [4.69, 9.17) is 20.6 Å². The number of rotatable bonds is 7. The highest BCUT2D eigenvalue weighted by molar-refractivity contribution is 8.55. The Labute approximate surface area is 117 Å². The summed E-state index contributed by atoms with van der Waals surface area (Å²) in [7, 11) is 0. The smallest absolute Gasteiger partial charge is 0.415 e. The van der Waals surface area contributed by atoms with E-state index >= 15 is 0 Å². The van der Waals surface area contributed by atoms with Gasteiger partial charge in [-0.05, 0) is 43.3 Å². The largest absolute Gasteiger partial charge is 0.440 e. The van der Waals surface area contributed by atoms with Crippen LogP contribution in [0.4, 0.5) is 0 Å². The van der Waals surface area contributed by atoms with Gasteiger partial charge in [0.1, 0.15) is 0 Å². The molecule has 0 aliphatic rings. The first kappa shape index (κ1) is 15.9. The molecule has 1 aromatic rings. The van der Waals surface area contributed by atoms with Crippen molar-refractivity contribution in [2.75, 3.05) is 12.4 Å². The first-order valence-corrected chi connectivity index (χ1v) is 9.37.